The van der Waals surface area contributed by atoms with E-state index in [2.05, 4.69) is 0 Å². The molecule has 1 aliphatic heterocycles. The van der Waals surface area contributed by atoms with Gasteiger partial charge in [0.2, 0.25) is 0 Å². The molecule has 1 radical (unpaired) electrons. The van der Waals surface area contributed by atoms with E-state index in [1.807, 2.05) is 0 Å². The highest BCUT2D eigenvalue weighted by molar-refractivity contribution is 7.73. The van der Waals surface area contributed by atoms with Gasteiger partial charge in [0.25, 0.3) is 0 Å². The predicted octanol–water partition coefficient (Wildman–Crippen LogP) is -0.632. The summed E-state index contributed by atoms with van der Waals surface area (Å²) in [7, 11) is -3.93. The largest absolute Gasteiger partial charge is 0.488 e. The molecule has 1 fully saturated rings. The third kappa shape index (κ3) is 3.41. The summed E-state index contributed by atoms with van der Waals surface area (Å²) in [6.45, 7) is 1.41. The van der Waals surface area contributed by atoms with Crippen LogP contribution in [0.4, 0.5) is 5.69 Å². The molecule has 2 rings (SSSR count). The normalized spacial score (nSPS) is 16.1. The van der Waals surface area contributed by atoms with E-state index < -0.39 is 18.0 Å². The maximum atomic E-state index is 11.4. The Hall–Kier alpha value is -1.22. The third-order valence-electron chi connectivity index (χ3n) is 3.14. The van der Waals surface area contributed by atoms with Gasteiger partial charge >= 0.3 is 18.0 Å². The molecular formula is C11H16BN2O4S. The Morgan fingerprint density at radius 2 is 1.63 bits per heavy atom. The zero-order valence-corrected chi connectivity index (χ0v) is 11.3. The number of hydrogen-bond acceptors (Lipinski definition) is 5. The van der Waals surface area contributed by atoms with Gasteiger partial charge in [-0.3, -0.25) is 0 Å². The van der Waals surface area contributed by atoms with Crippen LogP contribution < -0.4 is 9.88 Å². The third-order valence-corrected chi connectivity index (χ3v) is 3.87. The van der Waals surface area contributed by atoms with Crippen LogP contribution >= 0.6 is 0 Å². The van der Waals surface area contributed by atoms with Crippen LogP contribution in [-0.4, -0.2) is 43.7 Å². The van der Waals surface area contributed by atoms with Gasteiger partial charge in [-0.2, -0.15) is 12.8 Å². The topological polar surface area (TPSA) is 81.1 Å². The first-order valence-electron chi connectivity index (χ1n) is 6.20. The van der Waals surface area contributed by atoms with Crippen LogP contribution in [0.2, 0.25) is 0 Å². The average molecular weight is 283 g/mol. The molecule has 1 heterocycles. The van der Waals surface area contributed by atoms with Crippen LogP contribution in [0.3, 0.4) is 0 Å². The molecule has 19 heavy (non-hydrogen) atoms. The van der Waals surface area contributed by atoms with Crippen molar-refractivity contribution in [2.75, 3.05) is 17.5 Å². The van der Waals surface area contributed by atoms with Crippen molar-refractivity contribution in [3.05, 3.63) is 24.3 Å². The quantitative estimate of drug-likeness (QED) is 0.719. The maximum absolute atomic E-state index is 11.4. The van der Waals surface area contributed by atoms with Crippen LogP contribution in [-0.2, 0) is 10.9 Å². The van der Waals surface area contributed by atoms with Crippen molar-refractivity contribution in [3.63, 3.8) is 0 Å². The molecule has 2 N–H and O–H groups in total. The van der Waals surface area contributed by atoms with E-state index in [9.17, 15) is 8.42 Å². The smallest absolute Gasteiger partial charge is 0.423 e. The Kier molecular flexibility index (Phi) is 4.70. The summed E-state index contributed by atoms with van der Waals surface area (Å²) in [6.07, 6.45) is 3.06. The minimum Gasteiger partial charge on any atom is -0.423 e. The van der Waals surface area contributed by atoms with Gasteiger partial charge in [0.15, 0.2) is 0 Å². The second-order valence-corrected chi connectivity index (χ2v) is 5.25. The van der Waals surface area contributed by atoms with Crippen LogP contribution in [0.15, 0.2) is 24.3 Å². The molecule has 0 saturated carbocycles. The van der Waals surface area contributed by atoms with Crippen LogP contribution in [0.5, 0.6) is 0 Å². The van der Waals surface area contributed by atoms with Crippen LogP contribution in [0, 0.1) is 0 Å². The monoisotopic (exact) mass is 283 g/mol. The molecule has 1 aromatic rings. The molecule has 0 aromatic heterocycles. The van der Waals surface area contributed by atoms with Crippen LogP contribution in [0.25, 0.3) is 0 Å². The summed E-state index contributed by atoms with van der Waals surface area (Å²) in [5.74, 6) is 0. The zero-order chi connectivity index (χ0) is 13.8. The minimum atomic E-state index is -2.38. The number of hydrogen-bond donors (Lipinski definition) is 2. The highest BCUT2D eigenvalue weighted by atomic mass is 32.2. The van der Waals surface area contributed by atoms with E-state index in [0.717, 1.165) is 19.3 Å². The van der Waals surface area contributed by atoms with Crippen molar-refractivity contribution in [1.29, 1.82) is 0 Å². The van der Waals surface area contributed by atoms with Gasteiger partial charge in [-0.15, -0.1) is 0 Å². The fourth-order valence-corrected chi connectivity index (χ4v) is 2.82. The fourth-order valence-electron chi connectivity index (χ4n) is 2.18. The van der Waals surface area contributed by atoms with Gasteiger partial charge in [0, 0.05) is 13.1 Å². The molecule has 8 heteroatoms. The Morgan fingerprint density at radius 1 is 1.05 bits per heavy atom. The van der Waals surface area contributed by atoms with Crippen molar-refractivity contribution in [2.45, 2.75) is 19.3 Å². The highest BCUT2D eigenvalue weighted by Gasteiger charge is 2.22. The highest BCUT2D eigenvalue weighted by Crippen LogP contribution is 2.19. The van der Waals surface area contributed by atoms with Crippen LogP contribution in [0.1, 0.15) is 19.3 Å². The number of anilines is 1. The number of rotatable bonds is 4. The molecule has 0 bridgehead atoms. The van der Waals surface area contributed by atoms with Crippen molar-refractivity contribution in [3.8, 4) is 0 Å². The van der Waals surface area contributed by atoms with Gasteiger partial charge in [-0.05, 0) is 30.4 Å². The number of nitrogens with zero attached hydrogens (tertiary/aromatic N) is 2. The SMILES string of the molecule is O=[S](=O)N(c1ccc(B(O)O)cc1)N1CCCCC1. The summed E-state index contributed by atoms with van der Waals surface area (Å²) in [6, 6.07) is 6.14. The second kappa shape index (κ2) is 6.29. The van der Waals surface area contributed by atoms with E-state index in [0.29, 0.717) is 24.2 Å². The molecule has 0 unspecified atom stereocenters. The van der Waals surface area contributed by atoms with Gasteiger partial charge in [-0.25, -0.2) is 5.01 Å². The molecule has 1 saturated heterocycles. The molecular weight excluding hydrogens is 267 g/mol. The summed E-state index contributed by atoms with van der Waals surface area (Å²) < 4.78 is 24.0. The zero-order valence-electron chi connectivity index (χ0n) is 10.4. The Labute approximate surface area is 114 Å². The molecule has 103 valence electrons. The van der Waals surface area contributed by atoms with Gasteiger partial charge in [-0.1, -0.05) is 18.6 Å². The Balaban J connectivity index is 2.23. The van der Waals surface area contributed by atoms with E-state index in [1.54, 1.807) is 17.1 Å². The fraction of sp³-hybridized carbons (Fsp3) is 0.455. The predicted molar refractivity (Wildman–Crippen MR) is 73.1 cm³/mol. The first-order valence-corrected chi connectivity index (χ1v) is 7.23. The Bertz CT molecular complexity index is 478. The second-order valence-electron chi connectivity index (χ2n) is 4.47. The van der Waals surface area contributed by atoms with Crippen molar-refractivity contribution < 1.29 is 18.5 Å². The van der Waals surface area contributed by atoms with Crippen molar-refractivity contribution in [2.24, 2.45) is 0 Å². The average Bonchev–Trinajstić information content (AvgIpc) is 2.40. The molecule has 0 atom stereocenters. The minimum absolute atomic E-state index is 0.332. The molecule has 1 aliphatic rings. The maximum Gasteiger partial charge on any atom is 0.488 e. The molecule has 6 nitrogen and oxygen atoms in total. The van der Waals surface area contributed by atoms with E-state index in [-0.39, 0.29) is 0 Å². The van der Waals surface area contributed by atoms with Gasteiger partial charge < -0.3 is 10.0 Å². The summed E-state index contributed by atoms with van der Waals surface area (Å²) in [5.41, 5.74) is 0.832. The first kappa shape index (κ1) is 14.2. The summed E-state index contributed by atoms with van der Waals surface area (Å²) in [5, 5.41) is 19.8. The lowest BCUT2D eigenvalue weighted by Gasteiger charge is -2.33. The molecule has 0 amide bonds. The number of piperidine rings is 1. The number of benzene rings is 1. The van der Waals surface area contributed by atoms with E-state index in [4.69, 9.17) is 10.0 Å². The van der Waals surface area contributed by atoms with E-state index in [1.165, 1.54) is 16.5 Å². The lowest BCUT2D eigenvalue weighted by atomic mass is 9.80. The Morgan fingerprint density at radius 3 is 2.11 bits per heavy atom. The van der Waals surface area contributed by atoms with Crippen molar-refractivity contribution >= 4 is 29.2 Å². The van der Waals surface area contributed by atoms with Gasteiger partial charge in [0.1, 0.15) is 0 Å². The molecule has 0 spiro atoms. The standard InChI is InChI=1S/C11H16BN2O4S/c15-12(16)10-4-6-11(7-5-10)14(19(17)18)13-8-2-1-3-9-13/h4-7,15-16H,1-3,8-9H2. The summed E-state index contributed by atoms with van der Waals surface area (Å²) >= 11 is 0. The van der Waals surface area contributed by atoms with E-state index >= 15 is 0 Å². The lowest BCUT2D eigenvalue weighted by molar-refractivity contribution is 0.242. The molecule has 1 aromatic carbocycles. The lowest BCUT2D eigenvalue weighted by Crippen LogP contribution is -2.45. The number of hydrazine groups is 1. The van der Waals surface area contributed by atoms with Crippen molar-refractivity contribution in [1.82, 2.24) is 5.01 Å². The first-order chi connectivity index (χ1) is 9.09. The summed E-state index contributed by atoms with van der Waals surface area (Å²) in [4.78, 5) is 0. The molecule has 0 aliphatic carbocycles. The van der Waals surface area contributed by atoms with Gasteiger partial charge in [0.05, 0.1) is 5.69 Å².